The Morgan fingerprint density at radius 2 is 2.28 bits per heavy atom. The van der Waals surface area contributed by atoms with Gasteiger partial charge in [-0.05, 0) is 31.0 Å². The summed E-state index contributed by atoms with van der Waals surface area (Å²) in [5.41, 5.74) is 1.56. The summed E-state index contributed by atoms with van der Waals surface area (Å²) in [5, 5.41) is 2.82. The molecule has 18 heavy (non-hydrogen) atoms. The lowest BCUT2D eigenvalue weighted by molar-refractivity contribution is 0.0944. The van der Waals surface area contributed by atoms with Gasteiger partial charge >= 0.3 is 0 Å². The molecule has 0 aliphatic heterocycles. The van der Waals surface area contributed by atoms with Crippen molar-refractivity contribution in [2.45, 2.75) is 32.7 Å². The van der Waals surface area contributed by atoms with E-state index in [9.17, 15) is 4.79 Å². The number of hydrogen-bond acceptors (Lipinski definition) is 2. The van der Waals surface area contributed by atoms with Crippen molar-refractivity contribution < 1.29 is 9.53 Å². The number of nitrogens with one attached hydrogen (secondary N) is 1. The van der Waals surface area contributed by atoms with Crippen LogP contribution in [-0.4, -0.2) is 19.1 Å². The normalized spacial score (nSPS) is 11.4. The maximum atomic E-state index is 12.0. The molecule has 0 aliphatic rings. The summed E-state index contributed by atoms with van der Waals surface area (Å²) in [7, 11) is 1.59. The molecular formula is C15H19NO2. The van der Waals surface area contributed by atoms with E-state index in [0.29, 0.717) is 11.3 Å². The second-order valence-corrected chi connectivity index (χ2v) is 4.17. The number of hydrogen-bond donors (Lipinski definition) is 1. The number of aryl methyl sites for hydroxylation is 1. The minimum absolute atomic E-state index is 0.162. The molecule has 1 unspecified atom stereocenters. The van der Waals surface area contributed by atoms with Crippen LogP contribution in [0.25, 0.3) is 0 Å². The highest BCUT2D eigenvalue weighted by atomic mass is 16.5. The zero-order valence-electron chi connectivity index (χ0n) is 11.1. The summed E-state index contributed by atoms with van der Waals surface area (Å²) in [6.07, 6.45) is 7.10. The molecule has 3 heteroatoms. The first-order valence-electron chi connectivity index (χ1n) is 6.04. The number of terminal acetylenes is 1. The van der Waals surface area contributed by atoms with Gasteiger partial charge in [-0.15, -0.1) is 6.42 Å². The summed E-state index contributed by atoms with van der Waals surface area (Å²) in [6, 6.07) is 5.14. The number of methoxy groups -OCH3 is 1. The van der Waals surface area contributed by atoms with E-state index < -0.39 is 0 Å². The Balaban J connectivity index is 2.81. The molecule has 1 amide bonds. The van der Waals surface area contributed by atoms with Gasteiger partial charge in [-0.25, -0.2) is 0 Å². The Bertz CT molecular complexity index is 460. The Hall–Kier alpha value is -1.95. The van der Waals surface area contributed by atoms with Crippen LogP contribution in [0.15, 0.2) is 18.2 Å². The van der Waals surface area contributed by atoms with Gasteiger partial charge in [-0.1, -0.05) is 25.3 Å². The lowest BCUT2D eigenvalue weighted by Crippen LogP contribution is -2.33. The van der Waals surface area contributed by atoms with Crippen LogP contribution in [0.3, 0.4) is 0 Å². The monoisotopic (exact) mass is 245 g/mol. The quantitative estimate of drug-likeness (QED) is 0.810. The number of ether oxygens (including phenoxy) is 1. The fraction of sp³-hybridized carbons (Fsp3) is 0.400. The van der Waals surface area contributed by atoms with E-state index in [1.807, 2.05) is 19.9 Å². The Kier molecular flexibility index (Phi) is 5.26. The van der Waals surface area contributed by atoms with E-state index in [1.165, 1.54) is 0 Å². The summed E-state index contributed by atoms with van der Waals surface area (Å²) in [6.45, 7) is 3.97. The molecule has 1 aromatic carbocycles. The van der Waals surface area contributed by atoms with Crippen LogP contribution in [0.4, 0.5) is 0 Å². The van der Waals surface area contributed by atoms with Gasteiger partial charge in [0.2, 0.25) is 0 Å². The molecule has 1 rings (SSSR count). The largest absolute Gasteiger partial charge is 0.496 e. The van der Waals surface area contributed by atoms with Crippen LogP contribution in [0.5, 0.6) is 5.75 Å². The van der Waals surface area contributed by atoms with Crippen LogP contribution in [0, 0.1) is 19.3 Å². The van der Waals surface area contributed by atoms with E-state index in [-0.39, 0.29) is 11.9 Å². The molecule has 0 spiro atoms. The molecule has 0 saturated carbocycles. The van der Waals surface area contributed by atoms with Gasteiger partial charge in [0.15, 0.2) is 0 Å². The van der Waals surface area contributed by atoms with E-state index in [1.54, 1.807) is 19.2 Å². The lowest BCUT2D eigenvalue weighted by Gasteiger charge is -2.13. The van der Waals surface area contributed by atoms with Crippen molar-refractivity contribution in [2.75, 3.05) is 7.11 Å². The number of amides is 1. The maximum absolute atomic E-state index is 12.0. The zero-order chi connectivity index (χ0) is 13.5. The molecule has 0 saturated heterocycles. The summed E-state index contributed by atoms with van der Waals surface area (Å²) in [5.74, 6) is 3.12. The first-order valence-corrected chi connectivity index (χ1v) is 6.04. The number of benzene rings is 1. The molecule has 1 atom stereocenters. The molecule has 1 aromatic rings. The van der Waals surface area contributed by atoms with Gasteiger partial charge < -0.3 is 10.1 Å². The molecule has 0 bridgehead atoms. The van der Waals surface area contributed by atoms with Crippen LogP contribution < -0.4 is 10.1 Å². The van der Waals surface area contributed by atoms with Crippen molar-refractivity contribution in [1.82, 2.24) is 5.32 Å². The van der Waals surface area contributed by atoms with Crippen LogP contribution >= 0.6 is 0 Å². The zero-order valence-corrected chi connectivity index (χ0v) is 11.1. The first kappa shape index (κ1) is 14.1. The van der Waals surface area contributed by atoms with Crippen LogP contribution in [0.1, 0.15) is 35.7 Å². The Labute approximate surface area is 109 Å². The molecule has 0 fully saturated rings. The highest BCUT2D eigenvalue weighted by Crippen LogP contribution is 2.19. The van der Waals surface area contributed by atoms with Crippen molar-refractivity contribution in [3.63, 3.8) is 0 Å². The molecule has 0 heterocycles. The molecule has 1 N–H and O–H groups in total. The molecule has 0 aliphatic carbocycles. The molecule has 0 aromatic heterocycles. The van der Waals surface area contributed by atoms with Crippen molar-refractivity contribution in [1.29, 1.82) is 0 Å². The number of carbonyl (C=O) groups excluding carboxylic acids is 1. The van der Waals surface area contributed by atoms with Crippen molar-refractivity contribution in [3.8, 4) is 18.1 Å². The van der Waals surface area contributed by atoms with E-state index in [2.05, 4.69) is 11.2 Å². The lowest BCUT2D eigenvalue weighted by atomic mass is 10.1. The smallest absolute Gasteiger partial charge is 0.252 e. The van der Waals surface area contributed by atoms with Crippen LogP contribution in [-0.2, 0) is 0 Å². The fourth-order valence-corrected chi connectivity index (χ4v) is 1.69. The molecule has 0 radical (unpaired) electrons. The van der Waals surface area contributed by atoms with Crippen LogP contribution in [0.2, 0.25) is 0 Å². The number of carbonyl (C=O) groups is 1. The predicted molar refractivity (Wildman–Crippen MR) is 72.7 cm³/mol. The number of rotatable bonds is 5. The van der Waals surface area contributed by atoms with E-state index in [0.717, 1.165) is 18.4 Å². The summed E-state index contributed by atoms with van der Waals surface area (Å²) < 4.78 is 5.19. The second-order valence-electron chi connectivity index (χ2n) is 4.17. The van der Waals surface area contributed by atoms with Crippen molar-refractivity contribution in [2.24, 2.45) is 0 Å². The predicted octanol–water partition coefficient (Wildman–Crippen LogP) is 2.54. The molecular weight excluding hydrogens is 226 g/mol. The second kappa shape index (κ2) is 6.70. The molecule has 96 valence electrons. The average Bonchev–Trinajstić information content (AvgIpc) is 2.38. The average molecular weight is 245 g/mol. The topological polar surface area (TPSA) is 38.3 Å². The summed E-state index contributed by atoms with van der Waals surface area (Å²) >= 11 is 0. The highest BCUT2D eigenvalue weighted by molar-refractivity contribution is 5.95. The van der Waals surface area contributed by atoms with Gasteiger partial charge in [-0.3, -0.25) is 4.79 Å². The van der Waals surface area contributed by atoms with Gasteiger partial charge in [0.05, 0.1) is 13.2 Å². The van der Waals surface area contributed by atoms with Gasteiger partial charge in [0.25, 0.3) is 5.91 Å². The van der Waals surface area contributed by atoms with E-state index >= 15 is 0 Å². The van der Waals surface area contributed by atoms with Gasteiger partial charge in [0, 0.05) is 5.56 Å². The summed E-state index contributed by atoms with van der Waals surface area (Å²) in [4.78, 5) is 12.0. The third-order valence-electron chi connectivity index (χ3n) is 2.75. The maximum Gasteiger partial charge on any atom is 0.252 e. The minimum Gasteiger partial charge on any atom is -0.496 e. The van der Waals surface area contributed by atoms with E-state index in [4.69, 9.17) is 11.2 Å². The Morgan fingerprint density at radius 1 is 1.56 bits per heavy atom. The Morgan fingerprint density at radius 3 is 2.83 bits per heavy atom. The first-order chi connectivity index (χ1) is 8.62. The fourth-order valence-electron chi connectivity index (χ4n) is 1.69. The standard InChI is InChI=1S/C15H19NO2/c1-5-7-13(6-2)16-15(17)12-9-8-11(3)14(10-12)18-4/h2,8-10,13H,5,7H2,1,3-4H3,(H,16,17). The highest BCUT2D eigenvalue weighted by Gasteiger charge is 2.12. The minimum atomic E-state index is -0.213. The molecule has 3 nitrogen and oxygen atoms in total. The van der Waals surface area contributed by atoms with Crippen molar-refractivity contribution in [3.05, 3.63) is 29.3 Å². The third kappa shape index (κ3) is 3.53. The van der Waals surface area contributed by atoms with Gasteiger partial charge in [0.1, 0.15) is 5.75 Å². The third-order valence-corrected chi connectivity index (χ3v) is 2.75. The van der Waals surface area contributed by atoms with Gasteiger partial charge in [-0.2, -0.15) is 0 Å². The SMILES string of the molecule is C#CC(CCC)NC(=O)c1ccc(C)c(OC)c1. The van der Waals surface area contributed by atoms with Crippen molar-refractivity contribution >= 4 is 5.91 Å².